The Balaban J connectivity index is 2.50. The van der Waals surface area contributed by atoms with Crippen LogP contribution in [0.2, 0.25) is 0 Å². The lowest BCUT2D eigenvalue weighted by Crippen LogP contribution is -2.39. The van der Waals surface area contributed by atoms with Gasteiger partial charge in [-0.1, -0.05) is 46.3 Å². The van der Waals surface area contributed by atoms with Gasteiger partial charge in [-0.15, -0.1) is 0 Å². The molecule has 15 heavy (non-hydrogen) atoms. The van der Waals surface area contributed by atoms with Gasteiger partial charge in [0, 0.05) is 0 Å². The molecular weight excluding hydrogens is 258 g/mol. The Morgan fingerprint density at radius 3 is 2.60 bits per heavy atom. The van der Waals surface area contributed by atoms with Gasteiger partial charge in [-0.2, -0.15) is 0 Å². The average molecular weight is 272 g/mol. The predicted molar refractivity (Wildman–Crippen MR) is 63.0 cm³/mol. The fourth-order valence-corrected chi connectivity index (χ4v) is 1.49. The third-order valence-electron chi connectivity index (χ3n) is 2.03. The van der Waals surface area contributed by atoms with Crippen LogP contribution in [-0.2, 0) is 11.2 Å². The monoisotopic (exact) mass is 271 g/mol. The van der Waals surface area contributed by atoms with Crippen molar-refractivity contribution in [2.24, 2.45) is 0 Å². The number of alkyl halides is 1. The van der Waals surface area contributed by atoms with Gasteiger partial charge in [0.05, 0.1) is 18.0 Å². The van der Waals surface area contributed by atoms with Crippen molar-refractivity contribution < 1.29 is 9.90 Å². The van der Waals surface area contributed by atoms with Crippen LogP contribution in [0.5, 0.6) is 0 Å². The number of carbonyl (C=O) groups is 1. The van der Waals surface area contributed by atoms with E-state index in [1.165, 1.54) is 0 Å². The molecule has 2 N–H and O–H groups in total. The number of carbonyl (C=O) groups excluding carboxylic acids is 1. The summed E-state index contributed by atoms with van der Waals surface area (Å²) in [5.41, 5.74) is 1.10. The van der Waals surface area contributed by atoms with Crippen molar-refractivity contribution in [2.45, 2.75) is 12.5 Å². The molecule has 0 radical (unpaired) electrons. The zero-order valence-corrected chi connectivity index (χ0v) is 9.90. The smallest absolute Gasteiger partial charge is 0.230 e. The lowest BCUT2D eigenvalue weighted by atomic mass is 10.1. The van der Waals surface area contributed by atoms with Crippen molar-refractivity contribution in [1.82, 2.24) is 5.32 Å². The molecule has 1 aromatic carbocycles. The number of benzene rings is 1. The zero-order chi connectivity index (χ0) is 11.1. The molecule has 1 unspecified atom stereocenters. The number of halogens is 1. The molecule has 0 fully saturated rings. The first kappa shape index (κ1) is 12.2. The van der Waals surface area contributed by atoms with E-state index in [0.29, 0.717) is 6.42 Å². The molecule has 1 atom stereocenters. The van der Waals surface area contributed by atoms with Crippen LogP contribution in [0.15, 0.2) is 30.3 Å². The van der Waals surface area contributed by atoms with Crippen molar-refractivity contribution in [2.75, 3.05) is 11.9 Å². The maximum atomic E-state index is 11.1. The minimum absolute atomic E-state index is 0.0480. The molecule has 3 nitrogen and oxygen atoms in total. The van der Waals surface area contributed by atoms with Gasteiger partial charge >= 0.3 is 0 Å². The highest BCUT2D eigenvalue weighted by Crippen LogP contribution is 2.02. The molecule has 0 saturated heterocycles. The van der Waals surface area contributed by atoms with Crippen molar-refractivity contribution in [3.05, 3.63) is 35.9 Å². The van der Waals surface area contributed by atoms with Crippen LogP contribution < -0.4 is 5.32 Å². The lowest BCUT2D eigenvalue weighted by Gasteiger charge is -2.15. The van der Waals surface area contributed by atoms with Crippen molar-refractivity contribution >= 4 is 21.8 Å². The number of hydrogen-bond acceptors (Lipinski definition) is 2. The quantitative estimate of drug-likeness (QED) is 0.789. The summed E-state index contributed by atoms with van der Waals surface area (Å²) in [6, 6.07) is 9.56. The Labute approximate surface area is 97.6 Å². The van der Waals surface area contributed by atoms with Gasteiger partial charge in [0.25, 0.3) is 0 Å². The van der Waals surface area contributed by atoms with Gasteiger partial charge in [0.1, 0.15) is 0 Å². The van der Waals surface area contributed by atoms with Crippen molar-refractivity contribution in [3.63, 3.8) is 0 Å². The van der Waals surface area contributed by atoms with E-state index in [4.69, 9.17) is 5.11 Å². The fraction of sp³-hybridized carbons (Fsp3) is 0.364. The normalized spacial score (nSPS) is 12.1. The second-order valence-electron chi connectivity index (χ2n) is 3.27. The average Bonchev–Trinajstić information content (AvgIpc) is 2.29. The summed E-state index contributed by atoms with van der Waals surface area (Å²) in [7, 11) is 0. The summed E-state index contributed by atoms with van der Waals surface area (Å²) in [5.74, 6) is -0.106. The van der Waals surface area contributed by atoms with E-state index in [1.54, 1.807) is 0 Å². The number of nitrogens with one attached hydrogen (secondary N) is 1. The van der Waals surface area contributed by atoms with Crippen LogP contribution in [0.1, 0.15) is 5.56 Å². The second kappa shape index (κ2) is 6.58. The van der Waals surface area contributed by atoms with Gasteiger partial charge in [0.15, 0.2) is 0 Å². The van der Waals surface area contributed by atoms with Gasteiger partial charge in [0.2, 0.25) is 5.91 Å². The maximum absolute atomic E-state index is 11.1. The predicted octanol–water partition coefficient (Wildman–Crippen LogP) is 1.10. The first-order valence-electron chi connectivity index (χ1n) is 4.76. The van der Waals surface area contributed by atoms with Crippen LogP contribution in [0.4, 0.5) is 0 Å². The highest BCUT2D eigenvalue weighted by atomic mass is 79.9. The molecular formula is C11H14BrNO2. The molecule has 4 heteroatoms. The third kappa shape index (κ3) is 4.44. The van der Waals surface area contributed by atoms with Crippen LogP contribution in [-0.4, -0.2) is 29.0 Å². The standard InChI is InChI=1S/C11H14BrNO2/c12-7-11(15)13-10(8-14)6-9-4-2-1-3-5-9/h1-5,10,14H,6-8H2,(H,13,15). The van der Waals surface area contributed by atoms with Crippen LogP contribution in [0, 0.1) is 0 Å². The maximum Gasteiger partial charge on any atom is 0.230 e. The number of aliphatic hydroxyl groups is 1. The summed E-state index contributed by atoms with van der Waals surface area (Å²) in [6.07, 6.45) is 0.649. The van der Waals surface area contributed by atoms with Crippen LogP contribution in [0.3, 0.4) is 0 Å². The van der Waals surface area contributed by atoms with Gasteiger partial charge < -0.3 is 10.4 Å². The molecule has 0 aromatic heterocycles. The van der Waals surface area contributed by atoms with E-state index in [2.05, 4.69) is 21.2 Å². The van der Waals surface area contributed by atoms with E-state index in [1.807, 2.05) is 30.3 Å². The Morgan fingerprint density at radius 1 is 1.40 bits per heavy atom. The van der Waals surface area contributed by atoms with E-state index in [0.717, 1.165) is 5.56 Å². The minimum atomic E-state index is -0.211. The molecule has 1 rings (SSSR count). The van der Waals surface area contributed by atoms with E-state index in [-0.39, 0.29) is 23.9 Å². The van der Waals surface area contributed by atoms with E-state index in [9.17, 15) is 4.79 Å². The molecule has 0 bridgehead atoms. The summed E-state index contributed by atoms with van der Waals surface area (Å²) in [6.45, 7) is -0.0480. The molecule has 1 aromatic rings. The summed E-state index contributed by atoms with van der Waals surface area (Å²) in [5, 5.41) is 12.1. The fourth-order valence-electron chi connectivity index (χ4n) is 1.33. The summed E-state index contributed by atoms with van der Waals surface area (Å²) >= 11 is 3.06. The van der Waals surface area contributed by atoms with Gasteiger partial charge in [-0.3, -0.25) is 4.79 Å². The summed E-state index contributed by atoms with van der Waals surface area (Å²) in [4.78, 5) is 11.1. The summed E-state index contributed by atoms with van der Waals surface area (Å²) < 4.78 is 0. The van der Waals surface area contributed by atoms with Crippen molar-refractivity contribution in [1.29, 1.82) is 0 Å². The highest BCUT2D eigenvalue weighted by molar-refractivity contribution is 9.09. The molecule has 0 aliphatic rings. The minimum Gasteiger partial charge on any atom is -0.394 e. The molecule has 0 heterocycles. The first-order chi connectivity index (χ1) is 7.26. The lowest BCUT2D eigenvalue weighted by molar-refractivity contribution is -0.119. The SMILES string of the molecule is O=C(CBr)NC(CO)Cc1ccccc1. The molecule has 0 saturated carbocycles. The van der Waals surface area contributed by atoms with Gasteiger partial charge in [-0.05, 0) is 12.0 Å². The molecule has 82 valence electrons. The van der Waals surface area contributed by atoms with E-state index >= 15 is 0 Å². The van der Waals surface area contributed by atoms with Crippen LogP contribution >= 0.6 is 15.9 Å². The number of hydrogen-bond donors (Lipinski definition) is 2. The first-order valence-corrected chi connectivity index (χ1v) is 5.88. The van der Waals surface area contributed by atoms with E-state index < -0.39 is 0 Å². The Bertz CT molecular complexity index is 303. The van der Waals surface area contributed by atoms with Crippen LogP contribution in [0.25, 0.3) is 0 Å². The number of rotatable bonds is 5. The Kier molecular flexibility index (Phi) is 5.36. The molecule has 0 spiro atoms. The topological polar surface area (TPSA) is 49.3 Å². The largest absolute Gasteiger partial charge is 0.394 e. The molecule has 0 aliphatic heterocycles. The number of aliphatic hydroxyl groups excluding tert-OH is 1. The third-order valence-corrected chi connectivity index (χ3v) is 2.54. The van der Waals surface area contributed by atoms with Gasteiger partial charge in [-0.25, -0.2) is 0 Å². The Morgan fingerprint density at radius 2 is 2.07 bits per heavy atom. The van der Waals surface area contributed by atoms with Crippen molar-refractivity contribution in [3.8, 4) is 0 Å². The molecule has 0 aliphatic carbocycles. The highest BCUT2D eigenvalue weighted by Gasteiger charge is 2.10. The Hall–Kier alpha value is -0.870. The zero-order valence-electron chi connectivity index (χ0n) is 8.32. The molecule has 1 amide bonds. The number of amides is 1. The second-order valence-corrected chi connectivity index (χ2v) is 3.83.